The molecule has 0 amide bonds. The van der Waals surface area contributed by atoms with E-state index in [0.717, 1.165) is 156 Å². The Morgan fingerprint density at radius 2 is 0.663 bits per heavy atom. The average molecular weight is 1140 g/mol. The van der Waals surface area contributed by atoms with Crippen LogP contribution in [0.15, 0.2) is 312 Å². The van der Waals surface area contributed by atoms with Crippen molar-refractivity contribution in [3.63, 3.8) is 0 Å². The van der Waals surface area contributed by atoms with Crippen molar-refractivity contribution in [3.8, 4) is 89.7 Å². The van der Waals surface area contributed by atoms with E-state index < -0.39 is 0 Å². The van der Waals surface area contributed by atoms with Crippen molar-refractivity contribution < 1.29 is 8.83 Å². The Morgan fingerprint density at radius 3 is 1.21 bits per heavy atom. The summed E-state index contributed by atoms with van der Waals surface area (Å²) in [5.41, 5.74) is 24.4. The monoisotopic (exact) mass is 1140 g/mol. The maximum absolute atomic E-state index is 6.91. The third kappa shape index (κ3) is 9.22. The molecule has 0 fully saturated rings. The van der Waals surface area contributed by atoms with Gasteiger partial charge in [0.1, 0.15) is 22.2 Å². The van der Waals surface area contributed by atoms with Gasteiger partial charge in [0.2, 0.25) is 0 Å². The minimum Gasteiger partial charge on any atom is -0.454 e. The second-order valence-electron chi connectivity index (χ2n) is 22.3. The number of hydrogen-bond acceptors (Lipinski definition) is 8. The minimum atomic E-state index is 0.585. The van der Waals surface area contributed by atoms with Crippen LogP contribution < -0.4 is 4.90 Å². The van der Waals surface area contributed by atoms with E-state index in [1.165, 1.54) is 11.1 Å². The lowest BCUT2D eigenvalue weighted by Crippen LogP contribution is -2.09. The molecular weight excluding hydrogens is 1090 g/mol. The Morgan fingerprint density at radius 1 is 0.258 bits per heavy atom. The van der Waals surface area contributed by atoms with Gasteiger partial charge in [0.05, 0.1) is 28.1 Å². The van der Waals surface area contributed by atoms with Gasteiger partial charge in [-0.2, -0.15) is 0 Å². The van der Waals surface area contributed by atoms with E-state index in [0.29, 0.717) is 5.82 Å². The van der Waals surface area contributed by atoms with Gasteiger partial charge in [0.25, 0.3) is 0 Å². The zero-order valence-electron chi connectivity index (χ0n) is 47.9. The lowest BCUT2D eigenvalue weighted by Gasteiger charge is -2.26. The Hall–Kier alpha value is -12.1. The normalized spacial score (nSPS) is 11.6. The molecule has 0 atom stereocenters. The number of aromatic nitrogens is 5. The Bertz CT molecular complexity index is 5430. The highest BCUT2D eigenvalue weighted by Crippen LogP contribution is 2.45. The molecule has 0 aliphatic carbocycles. The van der Waals surface area contributed by atoms with Gasteiger partial charge in [0, 0.05) is 78.2 Å². The van der Waals surface area contributed by atoms with E-state index in [2.05, 4.69) is 241 Å². The Labute approximate surface area is 512 Å². The summed E-state index contributed by atoms with van der Waals surface area (Å²) in [5.74, 6) is 0.585. The molecule has 0 aliphatic rings. The van der Waals surface area contributed by atoms with Gasteiger partial charge >= 0.3 is 0 Å². The number of para-hydroxylation sites is 3. The molecule has 17 aromatic rings. The first-order valence-corrected chi connectivity index (χ1v) is 29.8. The van der Waals surface area contributed by atoms with Crippen LogP contribution in [0.5, 0.6) is 0 Å². The van der Waals surface area contributed by atoms with E-state index in [-0.39, 0.29) is 0 Å². The number of fused-ring (bicyclic) bond motifs is 8. The first-order chi connectivity index (χ1) is 44.1. The lowest BCUT2D eigenvalue weighted by atomic mass is 9.97. The molecule has 416 valence electrons. The molecule has 0 unspecified atom stereocenters. The zero-order valence-corrected chi connectivity index (χ0v) is 47.9. The fraction of sp³-hybridized carbons (Fsp3) is 0. The number of benzene rings is 11. The molecule has 6 heterocycles. The maximum atomic E-state index is 6.91. The number of pyridine rings is 3. The van der Waals surface area contributed by atoms with Gasteiger partial charge in [-0.1, -0.05) is 200 Å². The van der Waals surface area contributed by atoms with Crippen molar-refractivity contribution in [1.82, 2.24) is 24.9 Å². The first kappa shape index (κ1) is 51.3. The molecule has 0 saturated heterocycles. The minimum absolute atomic E-state index is 0.585. The fourth-order valence-electron chi connectivity index (χ4n) is 12.6. The quantitative estimate of drug-likeness (QED) is 0.126. The third-order valence-corrected chi connectivity index (χ3v) is 17.0. The van der Waals surface area contributed by atoms with Gasteiger partial charge in [-0.15, -0.1) is 0 Å². The summed E-state index contributed by atoms with van der Waals surface area (Å²) < 4.78 is 13.5. The SMILES string of the molecule is c1ccc(-c2ccc(N(c3ccc(-c4ccccc4)cc3)c3ccc(-c4c5ccccc5nc5c4oc4ccc(-c6cc(-c7nc(-c8ccccc8)cc(-c8ccc(-c9c%10ccccc%10nc%10c9oc9ccccc9%10)cc8)n7)ccn6)cc45)cc3)cc2)cc1. The summed E-state index contributed by atoms with van der Waals surface area (Å²) in [6.45, 7) is 0. The molecule has 0 N–H and O–H groups in total. The van der Waals surface area contributed by atoms with Gasteiger partial charge in [-0.25, -0.2) is 19.9 Å². The number of hydrogen-bond donors (Lipinski definition) is 0. The molecule has 0 radical (unpaired) electrons. The Balaban J connectivity index is 0.727. The van der Waals surface area contributed by atoms with Crippen LogP contribution in [0.1, 0.15) is 0 Å². The highest BCUT2D eigenvalue weighted by Gasteiger charge is 2.23. The molecule has 8 heteroatoms. The highest BCUT2D eigenvalue weighted by molar-refractivity contribution is 6.17. The molecule has 11 aromatic carbocycles. The van der Waals surface area contributed by atoms with Crippen molar-refractivity contribution in [2.45, 2.75) is 0 Å². The summed E-state index contributed by atoms with van der Waals surface area (Å²) >= 11 is 0. The van der Waals surface area contributed by atoms with Crippen LogP contribution in [0.3, 0.4) is 0 Å². The standard InChI is InChI=1S/C81H50N6O2/c1-4-16-51(17-5-1)53-32-39-61(40-33-53)87(62-41-34-54(35-42-62)52-18-6-2-7-19-52)63-43-36-58(37-44-63)76-65-23-11-14-26-69(65)84-78-67-48-59(38-45-74(67)89-80(76)78)70-49-60(46-47-82-70)81-85-71(55-20-8-3-9-21-55)50-72(86-81)56-28-30-57(31-29-56)75-64-22-10-13-25-68(64)83-77-66-24-12-15-27-73(66)88-79(75)77/h1-50H. The van der Waals surface area contributed by atoms with Crippen molar-refractivity contribution in [2.75, 3.05) is 4.90 Å². The van der Waals surface area contributed by atoms with Crippen molar-refractivity contribution in [3.05, 3.63) is 303 Å². The fourth-order valence-corrected chi connectivity index (χ4v) is 12.6. The van der Waals surface area contributed by atoms with Crippen LogP contribution in [0.25, 0.3) is 156 Å². The molecule has 0 bridgehead atoms. The second kappa shape index (κ2) is 21.4. The molecule has 17 rings (SSSR count). The number of rotatable bonds is 11. The molecule has 0 saturated carbocycles. The van der Waals surface area contributed by atoms with Gasteiger partial charge in [-0.05, 0) is 130 Å². The van der Waals surface area contributed by atoms with E-state index in [9.17, 15) is 0 Å². The summed E-state index contributed by atoms with van der Waals surface area (Å²) in [5, 5.41) is 3.92. The first-order valence-electron chi connectivity index (χ1n) is 29.8. The van der Waals surface area contributed by atoms with Crippen molar-refractivity contribution in [2.24, 2.45) is 0 Å². The van der Waals surface area contributed by atoms with Crippen LogP contribution in [-0.4, -0.2) is 24.9 Å². The van der Waals surface area contributed by atoms with E-state index in [1.54, 1.807) is 0 Å². The average Bonchev–Trinajstić information content (AvgIpc) is 1.96. The summed E-state index contributed by atoms with van der Waals surface area (Å²) in [7, 11) is 0. The zero-order chi connectivity index (χ0) is 58.8. The van der Waals surface area contributed by atoms with Gasteiger partial charge in [-0.3, -0.25) is 4.98 Å². The summed E-state index contributed by atoms with van der Waals surface area (Å²) in [6.07, 6.45) is 1.83. The smallest absolute Gasteiger partial charge is 0.162 e. The highest BCUT2D eigenvalue weighted by atomic mass is 16.3. The summed E-state index contributed by atoms with van der Waals surface area (Å²) in [4.78, 5) is 28.2. The van der Waals surface area contributed by atoms with Crippen LogP contribution in [0.4, 0.5) is 17.1 Å². The molecule has 89 heavy (non-hydrogen) atoms. The second-order valence-corrected chi connectivity index (χ2v) is 22.3. The van der Waals surface area contributed by atoms with Gasteiger partial charge < -0.3 is 13.7 Å². The maximum Gasteiger partial charge on any atom is 0.162 e. The van der Waals surface area contributed by atoms with E-state index in [4.69, 9.17) is 33.8 Å². The van der Waals surface area contributed by atoms with Crippen LogP contribution in [-0.2, 0) is 0 Å². The number of nitrogens with zero attached hydrogens (tertiary/aromatic N) is 6. The predicted molar refractivity (Wildman–Crippen MR) is 363 cm³/mol. The van der Waals surface area contributed by atoms with Crippen LogP contribution in [0, 0.1) is 0 Å². The van der Waals surface area contributed by atoms with E-state index in [1.807, 2.05) is 66.9 Å². The molecule has 6 aromatic heterocycles. The van der Waals surface area contributed by atoms with E-state index >= 15 is 0 Å². The van der Waals surface area contributed by atoms with Crippen LogP contribution in [0.2, 0.25) is 0 Å². The number of anilines is 3. The Kier molecular flexibility index (Phi) is 12.4. The molecule has 0 aliphatic heterocycles. The van der Waals surface area contributed by atoms with Crippen LogP contribution >= 0.6 is 0 Å². The summed E-state index contributed by atoms with van der Waals surface area (Å²) in [6, 6.07) is 103. The molecule has 0 spiro atoms. The largest absolute Gasteiger partial charge is 0.454 e. The third-order valence-electron chi connectivity index (χ3n) is 17.0. The number of furan rings is 2. The molecule has 8 nitrogen and oxygen atoms in total. The van der Waals surface area contributed by atoms with Crippen molar-refractivity contribution >= 4 is 83.0 Å². The topological polar surface area (TPSA) is 94.0 Å². The molecular formula is C81H50N6O2. The lowest BCUT2D eigenvalue weighted by molar-refractivity contribution is 0.669. The van der Waals surface area contributed by atoms with Crippen molar-refractivity contribution in [1.29, 1.82) is 0 Å². The predicted octanol–water partition coefficient (Wildman–Crippen LogP) is 21.6. The van der Waals surface area contributed by atoms with Gasteiger partial charge in [0.15, 0.2) is 17.0 Å².